The number of hydrogen-bond acceptors (Lipinski definition) is 3. The van der Waals surface area contributed by atoms with Gasteiger partial charge in [-0.05, 0) is 7.05 Å². The number of amides is 2. The van der Waals surface area contributed by atoms with Crippen LogP contribution in [0.1, 0.15) is 0 Å². The first-order valence-corrected chi connectivity index (χ1v) is 4.30. The van der Waals surface area contributed by atoms with Crippen molar-refractivity contribution in [2.45, 2.75) is 0 Å². The summed E-state index contributed by atoms with van der Waals surface area (Å²) in [6, 6.07) is -0.170. The van der Waals surface area contributed by atoms with Crippen LogP contribution in [0.5, 0.6) is 0 Å². The minimum atomic E-state index is -0.170. The molecule has 5 nitrogen and oxygen atoms in total. The minimum Gasteiger partial charge on any atom is -0.330 e. The highest BCUT2D eigenvalue weighted by Gasteiger charge is 2.17. The molecule has 1 rings (SSSR count). The molecule has 0 aromatic carbocycles. The maximum atomic E-state index is 11.3. The third-order valence-electron chi connectivity index (χ3n) is 2.10. The Kier molecular flexibility index (Phi) is 3.70. The molecule has 73 valence electrons. The third-order valence-corrected chi connectivity index (χ3v) is 2.10. The number of carbonyl (C=O) groups excluding carboxylic acids is 2. The van der Waals surface area contributed by atoms with E-state index in [-0.39, 0.29) is 12.6 Å². The molecule has 1 N–H and O–H groups in total. The molecule has 0 unspecified atom stereocenters. The Bertz CT molecular complexity index is 188. The van der Waals surface area contributed by atoms with Crippen molar-refractivity contribution < 1.29 is 9.59 Å². The Morgan fingerprint density at radius 1 is 1.38 bits per heavy atom. The highest BCUT2D eigenvalue weighted by Crippen LogP contribution is 1.98. The molecule has 13 heavy (non-hydrogen) atoms. The number of nitrogens with one attached hydrogen (secondary N) is 1. The lowest BCUT2D eigenvalue weighted by Crippen LogP contribution is -2.50. The second-order valence-corrected chi connectivity index (χ2v) is 3.09. The van der Waals surface area contributed by atoms with Crippen molar-refractivity contribution in [1.82, 2.24) is 15.1 Å². The van der Waals surface area contributed by atoms with Gasteiger partial charge in [0.1, 0.15) is 0 Å². The number of nitrogens with zero attached hydrogens (tertiary/aromatic N) is 2. The van der Waals surface area contributed by atoms with Crippen LogP contribution in [-0.2, 0) is 4.79 Å². The SMILES string of the molecule is CN1CCN(C(=O)NC[C]=O)CC1. The Morgan fingerprint density at radius 3 is 2.54 bits per heavy atom. The molecular weight excluding hydrogens is 170 g/mol. The first kappa shape index (κ1) is 9.98. The van der Waals surface area contributed by atoms with Crippen LogP contribution in [0.25, 0.3) is 0 Å². The van der Waals surface area contributed by atoms with Gasteiger partial charge < -0.3 is 15.1 Å². The first-order chi connectivity index (χ1) is 6.24. The van der Waals surface area contributed by atoms with Crippen molar-refractivity contribution in [3.05, 3.63) is 0 Å². The highest BCUT2D eigenvalue weighted by molar-refractivity contribution is 5.76. The fraction of sp³-hybridized carbons (Fsp3) is 0.750. The molecule has 1 saturated heterocycles. The average Bonchev–Trinajstić information content (AvgIpc) is 2.15. The zero-order chi connectivity index (χ0) is 9.68. The summed E-state index contributed by atoms with van der Waals surface area (Å²) in [6.45, 7) is 3.20. The Labute approximate surface area is 77.7 Å². The molecule has 0 atom stereocenters. The predicted molar refractivity (Wildman–Crippen MR) is 48.2 cm³/mol. The van der Waals surface area contributed by atoms with Crippen molar-refractivity contribution in [2.24, 2.45) is 0 Å². The van der Waals surface area contributed by atoms with Crippen molar-refractivity contribution in [1.29, 1.82) is 0 Å². The van der Waals surface area contributed by atoms with Crippen LogP contribution in [-0.4, -0.2) is 61.9 Å². The Morgan fingerprint density at radius 2 is 2.00 bits per heavy atom. The van der Waals surface area contributed by atoms with E-state index in [2.05, 4.69) is 10.2 Å². The first-order valence-electron chi connectivity index (χ1n) is 4.30. The lowest BCUT2D eigenvalue weighted by atomic mass is 10.3. The molecule has 0 spiro atoms. The fourth-order valence-electron chi connectivity index (χ4n) is 1.23. The number of rotatable bonds is 2. The molecule has 2 amide bonds. The van der Waals surface area contributed by atoms with Gasteiger partial charge in [-0.1, -0.05) is 0 Å². The summed E-state index contributed by atoms with van der Waals surface area (Å²) in [5.74, 6) is 0. The van der Waals surface area contributed by atoms with Gasteiger partial charge >= 0.3 is 6.03 Å². The largest absolute Gasteiger partial charge is 0.330 e. The van der Waals surface area contributed by atoms with Gasteiger partial charge in [0.15, 0.2) is 0 Å². The molecule has 0 saturated carbocycles. The van der Waals surface area contributed by atoms with Crippen LogP contribution in [0.4, 0.5) is 4.79 Å². The summed E-state index contributed by atoms with van der Waals surface area (Å²) in [6.07, 6.45) is 1.63. The van der Waals surface area contributed by atoms with E-state index in [1.807, 2.05) is 7.05 Å². The summed E-state index contributed by atoms with van der Waals surface area (Å²) < 4.78 is 0. The van der Waals surface area contributed by atoms with Crippen LogP contribution < -0.4 is 5.32 Å². The van der Waals surface area contributed by atoms with E-state index in [1.54, 1.807) is 11.2 Å². The second kappa shape index (κ2) is 4.81. The maximum Gasteiger partial charge on any atom is 0.317 e. The molecule has 1 heterocycles. The van der Waals surface area contributed by atoms with Gasteiger partial charge in [0.25, 0.3) is 0 Å². The van der Waals surface area contributed by atoms with Gasteiger partial charge in [0.2, 0.25) is 6.29 Å². The van der Waals surface area contributed by atoms with Crippen molar-refractivity contribution in [2.75, 3.05) is 39.8 Å². The number of likely N-dealkylation sites (N-methyl/N-ethyl adjacent to an activating group) is 1. The maximum absolute atomic E-state index is 11.3. The lowest BCUT2D eigenvalue weighted by Gasteiger charge is -2.32. The van der Waals surface area contributed by atoms with E-state index >= 15 is 0 Å². The van der Waals surface area contributed by atoms with E-state index in [0.717, 1.165) is 26.2 Å². The monoisotopic (exact) mass is 184 g/mol. The fourth-order valence-corrected chi connectivity index (χ4v) is 1.23. The van der Waals surface area contributed by atoms with E-state index in [1.165, 1.54) is 0 Å². The normalized spacial score (nSPS) is 18.4. The minimum absolute atomic E-state index is 0.0226. The molecule has 1 fully saturated rings. The Balaban J connectivity index is 2.27. The quantitative estimate of drug-likeness (QED) is 0.602. The smallest absolute Gasteiger partial charge is 0.317 e. The summed E-state index contributed by atoms with van der Waals surface area (Å²) in [7, 11) is 2.02. The van der Waals surface area contributed by atoms with Gasteiger partial charge in [-0.25, -0.2) is 4.79 Å². The predicted octanol–water partition coefficient (Wildman–Crippen LogP) is -0.947. The van der Waals surface area contributed by atoms with E-state index in [0.29, 0.717) is 0 Å². The van der Waals surface area contributed by atoms with Crippen LogP contribution in [0, 0.1) is 0 Å². The molecular formula is C8H14N3O2. The van der Waals surface area contributed by atoms with Gasteiger partial charge in [-0.3, -0.25) is 4.79 Å². The Hall–Kier alpha value is -1.10. The average molecular weight is 184 g/mol. The van der Waals surface area contributed by atoms with E-state index in [4.69, 9.17) is 0 Å². The van der Waals surface area contributed by atoms with Gasteiger partial charge in [-0.15, -0.1) is 0 Å². The molecule has 1 aliphatic rings. The third kappa shape index (κ3) is 3.02. The standard InChI is InChI=1S/C8H14N3O2/c1-10-3-5-11(6-4-10)8(13)9-2-7-12/h2-6H2,1H3,(H,9,13). The molecule has 0 aromatic rings. The summed E-state index contributed by atoms with van der Waals surface area (Å²) in [5.41, 5.74) is 0. The van der Waals surface area contributed by atoms with Gasteiger partial charge in [0.05, 0.1) is 6.54 Å². The molecule has 5 heteroatoms. The number of hydrogen-bond donors (Lipinski definition) is 1. The molecule has 1 radical (unpaired) electrons. The summed E-state index contributed by atoms with van der Waals surface area (Å²) in [5, 5.41) is 2.46. The lowest BCUT2D eigenvalue weighted by molar-refractivity contribution is 0.155. The molecule has 1 aliphatic heterocycles. The highest BCUT2D eigenvalue weighted by atomic mass is 16.2. The van der Waals surface area contributed by atoms with Crippen LogP contribution >= 0.6 is 0 Å². The zero-order valence-electron chi connectivity index (χ0n) is 7.75. The molecule has 0 bridgehead atoms. The van der Waals surface area contributed by atoms with Crippen LogP contribution in [0.15, 0.2) is 0 Å². The number of urea groups is 1. The van der Waals surface area contributed by atoms with Crippen LogP contribution in [0.3, 0.4) is 0 Å². The molecule has 0 aliphatic carbocycles. The second-order valence-electron chi connectivity index (χ2n) is 3.09. The van der Waals surface area contributed by atoms with Crippen molar-refractivity contribution >= 4 is 12.3 Å². The van der Waals surface area contributed by atoms with Gasteiger partial charge in [0, 0.05) is 26.2 Å². The summed E-state index contributed by atoms with van der Waals surface area (Å²) in [4.78, 5) is 25.0. The molecule has 0 aromatic heterocycles. The zero-order valence-corrected chi connectivity index (χ0v) is 7.75. The number of piperazine rings is 1. The van der Waals surface area contributed by atoms with Gasteiger partial charge in [-0.2, -0.15) is 0 Å². The van der Waals surface area contributed by atoms with Crippen LogP contribution in [0.2, 0.25) is 0 Å². The van der Waals surface area contributed by atoms with Crippen molar-refractivity contribution in [3.63, 3.8) is 0 Å². The topological polar surface area (TPSA) is 52.6 Å². The van der Waals surface area contributed by atoms with E-state index < -0.39 is 0 Å². The van der Waals surface area contributed by atoms with Crippen molar-refractivity contribution in [3.8, 4) is 0 Å². The van der Waals surface area contributed by atoms with E-state index in [9.17, 15) is 9.59 Å². The number of carbonyl (C=O) groups is 1. The summed E-state index contributed by atoms with van der Waals surface area (Å²) >= 11 is 0.